The van der Waals surface area contributed by atoms with Crippen LogP contribution in [-0.2, 0) is 0 Å². The highest BCUT2D eigenvalue weighted by Crippen LogP contribution is 2.31. The maximum absolute atomic E-state index is 13.6. The first-order valence-electron chi connectivity index (χ1n) is 13.1. The third-order valence-corrected chi connectivity index (χ3v) is 6.97. The molecule has 1 aliphatic heterocycles. The molecule has 0 bridgehead atoms. The normalized spacial score (nSPS) is 13.2. The fraction of sp³-hybridized carbons (Fsp3) is 0.333. The second kappa shape index (κ2) is 12.4. The Labute approximate surface area is 225 Å². The molecule has 0 saturated carbocycles. The molecule has 3 amide bonds. The molecule has 0 atom stereocenters. The fourth-order valence-electron chi connectivity index (χ4n) is 4.82. The number of hydrogen-bond donors (Lipinski definition) is 2. The van der Waals surface area contributed by atoms with Crippen molar-refractivity contribution < 1.29 is 14.3 Å². The van der Waals surface area contributed by atoms with E-state index in [1.807, 2.05) is 75.4 Å². The number of methoxy groups -OCH3 is 1. The Balaban J connectivity index is 1.54. The molecular weight excluding hydrogens is 478 g/mol. The van der Waals surface area contributed by atoms with E-state index in [4.69, 9.17) is 4.74 Å². The molecule has 2 N–H and O–H groups in total. The molecule has 3 aromatic carbocycles. The van der Waals surface area contributed by atoms with Crippen LogP contribution in [0.5, 0.6) is 5.75 Å². The number of nitrogens with one attached hydrogen (secondary N) is 2. The van der Waals surface area contributed by atoms with Crippen molar-refractivity contribution in [2.45, 2.75) is 20.8 Å². The lowest BCUT2D eigenvalue weighted by Crippen LogP contribution is -2.47. The summed E-state index contributed by atoms with van der Waals surface area (Å²) in [5.41, 5.74) is 4.84. The van der Waals surface area contributed by atoms with Crippen LogP contribution < -0.4 is 25.2 Å². The number of amides is 3. The van der Waals surface area contributed by atoms with Crippen LogP contribution in [-0.4, -0.2) is 63.2 Å². The molecule has 8 nitrogen and oxygen atoms in total. The third-order valence-electron chi connectivity index (χ3n) is 6.97. The Kier molecular flexibility index (Phi) is 8.73. The number of ether oxygens (including phenoxy) is 1. The van der Waals surface area contributed by atoms with Crippen LogP contribution in [0.3, 0.4) is 0 Å². The Hall–Kier alpha value is -4.20. The minimum Gasteiger partial charge on any atom is -0.495 e. The molecule has 4 rings (SSSR count). The predicted molar refractivity (Wildman–Crippen MR) is 155 cm³/mol. The molecule has 0 aliphatic carbocycles. The van der Waals surface area contributed by atoms with Gasteiger partial charge in [-0.2, -0.15) is 0 Å². The number of carbonyl (C=O) groups excluding carboxylic acids is 2. The molecule has 8 heteroatoms. The van der Waals surface area contributed by atoms with Crippen LogP contribution in [0.15, 0.2) is 66.7 Å². The minimum atomic E-state index is -0.348. The molecule has 3 aromatic rings. The van der Waals surface area contributed by atoms with Crippen molar-refractivity contribution in [3.63, 3.8) is 0 Å². The Morgan fingerprint density at radius 2 is 1.47 bits per heavy atom. The zero-order valence-corrected chi connectivity index (χ0v) is 22.7. The second-order valence-corrected chi connectivity index (χ2v) is 9.25. The molecule has 1 heterocycles. The highest BCUT2D eigenvalue weighted by Gasteiger charge is 2.25. The maximum Gasteiger partial charge on any atom is 0.323 e. The van der Waals surface area contributed by atoms with Gasteiger partial charge in [-0.25, -0.2) is 4.79 Å². The molecular formula is C30H37N5O3. The van der Waals surface area contributed by atoms with E-state index in [0.717, 1.165) is 54.6 Å². The van der Waals surface area contributed by atoms with Gasteiger partial charge in [0.1, 0.15) is 5.75 Å². The van der Waals surface area contributed by atoms with E-state index < -0.39 is 0 Å². The van der Waals surface area contributed by atoms with Gasteiger partial charge in [0.25, 0.3) is 5.91 Å². The average molecular weight is 516 g/mol. The number of piperazine rings is 1. The van der Waals surface area contributed by atoms with Gasteiger partial charge in [-0.3, -0.25) is 4.79 Å². The number of para-hydroxylation sites is 3. The predicted octanol–water partition coefficient (Wildman–Crippen LogP) is 5.46. The van der Waals surface area contributed by atoms with Crippen LogP contribution in [0.25, 0.3) is 0 Å². The second-order valence-electron chi connectivity index (χ2n) is 9.25. The van der Waals surface area contributed by atoms with E-state index in [-0.39, 0.29) is 11.9 Å². The summed E-state index contributed by atoms with van der Waals surface area (Å²) in [5, 5.41) is 5.79. The standard InChI is InChI=1S/C30H37N5O3/c1-5-33(6-2)29(36)24-21-23(31-30(37)32-25-12-8-7-11-22(25)3)15-16-26(24)34-17-19-35(20-18-34)27-13-9-10-14-28(27)38-4/h7-16,21H,5-6,17-20H2,1-4H3,(H2,31,32,37). The van der Waals surface area contributed by atoms with Crippen molar-refractivity contribution in [3.8, 4) is 5.75 Å². The number of aryl methyl sites for hydroxylation is 1. The van der Waals surface area contributed by atoms with Gasteiger partial charge in [0, 0.05) is 56.3 Å². The van der Waals surface area contributed by atoms with E-state index in [9.17, 15) is 9.59 Å². The van der Waals surface area contributed by atoms with Gasteiger partial charge in [-0.15, -0.1) is 0 Å². The van der Waals surface area contributed by atoms with Gasteiger partial charge in [-0.1, -0.05) is 30.3 Å². The zero-order chi connectivity index (χ0) is 27.1. The van der Waals surface area contributed by atoms with Crippen LogP contribution in [0.1, 0.15) is 29.8 Å². The van der Waals surface area contributed by atoms with Crippen molar-refractivity contribution >= 4 is 34.7 Å². The first-order chi connectivity index (χ1) is 18.4. The maximum atomic E-state index is 13.6. The van der Waals surface area contributed by atoms with Crippen LogP contribution in [0.4, 0.5) is 27.5 Å². The summed E-state index contributed by atoms with van der Waals surface area (Å²) in [5.74, 6) is 0.817. The van der Waals surface area contributed by atoms with Crippen molar-refractivity contribution in [1.82, 2.24) is 4.90 Å². The van der Waals surface area contributed by atoms with Crippen LogP contribution in [0.2, 0.25) is 0 Å². The highest BCUT2D eigenvalue weighted by molar-refractivity contribution is 6.04. The highest BCUT2D eigenvalue weighted by atomic mass is 16.5. The zero-order valence-electron chi connectivity index (χ0n) is 22.7. The topological polar surface area (TPSA) is 77.2 Å². The van der Waals surface area contributed by atoms with E-state index in [1.54, 1.807) is 18.1 Å². The third kappa shape index (κ3) is 6.02. The molecule has 0 radical (unpaired) electrons. The number of anilines is 4. The lowest BCUT2D eigenvalue weighted by atomic mass is 10.1. The summed E-state index contributed by atoms with van der Waals surface area (Å²) in [7, 11) is 1.69. The summed E-state index contributed by atoms with van der Waals surface area (Å²) in [6, 6.07) is 20.9. The van der Waals surface area contributed by atoms with Gasteiger partial charge in [0.15, 0.2) is 0 Å². The van der Waals surface area contributed by atoms with Crippen molar-refractivity contribution in [1.29, 1.82) is 0 Å². The summed E-state index contributed by atoms with van der Waals surface area (Å²) >= 11 is 0. The summed E-state index contributed by atoms with van der Waals surface area (Å²) in [6.07, 6.45) is 0. The molecule has 1 fully saturated rings. The smallest absolute Gasteiger partial charge is 0.323 e. The quantitative estimate of drug-likeness (QED) is 0.417. The summed E-state index contributed by atoms with van der Waals surface area (Å²) < 4.78 is 5.56. The van der Waals surface area contributed by atoms with E-state index in [2.05, 4.69) is 26.5 Å². The van der Waals surface area contributed by atoms with Gasteiger partial charge in [0.05, 0.1) is 18.4 Å². The van der Waals surface area contributed by atoms with Crippen molar-refractivity contribution in [3.05, 3.63) is 77.9 Å². The molecule has 1 saturated heterocycles. The molecule has 0 aromatic heterocycles. The van der Waals surface area contributed by atoms with E-state index >= 15 is 0 Å². The molecule has 38 heavy (non-hydrogen) atoms. The van der Waals surface area contributed by atoms with Crippen molar-refractivity contribution in [2.24, 2.45) is 0 Å². The number of urea groups is 1. The van der Waals surface area contributed by atoms with Gasteiger partial charge in [0.2, 0.25) is 0 Å². The first-order valence-corrected chi connectivity index (χ1v) is 13.1. The monoisotopic (exact) mass is 515 g/mol. The number of nitrogens with zero attached hydrogens (tertiary/aromatic N) is 3. The number of benzene rings is 3. The molecule has 200 valence electrons. The lowest BCUT2D eigenvalue weighted by Gasteiger charge is -2.38. The SMILES string of the molecule is CCN(CC)C(=O)c1cc(NC(=O)Nc2ccccc2C)ccc1N1CCN(c2ccccc2OC)CC1. The van der Waals surface area contributed by atoms with E-state index in [0.29, 0.717) is 24.3 Å². The van der Waals surface area contributed by atoms with Crippen molar-refractivity contribution in [2.75, 3.05) is 66.8 Å². The lowest BCUT2D eigenvalue weighted by molar-refractivity contribution is 0.0773. The van der Waals surface area contributed by atoms with E-state index in [1.165, 1.54) is 0 Å². The average Bonchev–Trinajstić information content (AvgIpc) is 2.95. The Morgan fingerprint density at radius 3 is 2.13 bits per heavy atom. The van der Waals surface area contributed by atoms with Gasteiger partial charge >= 0.3 is 6.03 Å². The number of carbonyl (C=O) groups is 2. The number of rotatable bonds is 8. The van der Waals surface area contributed by atoms with Crippen LogP contribution >= 0.6 is 0 Å². The molecule has 1 aliphatic rings. The van der Waals surface area contributed by atoms with Gasteiger partial charge in [-0.05, 0) is 62.7 Å². The Morgan fingerprint density at radius 1 is 0.842 bits per heavy atom. The molecule has 0 spiro atoms. The minimum absolute atomic E-state index is 0.0416. The Bertz CT molecular complexity index is 1270. The molecule has 0 unspecified atom stereocenters. The van der Waals surface area contributed by atoms with Crippen LogP contribution in [0, 0.1) is 6.92 Å². The summed E-state index contributed by atoms with van der Waals surface area (Å²) in [4.78, 5) is 32.7. The summed E-state index contributed by atoms with van der Waals surface area (Å²) in [6.45, 7) is 10.3. The first kappa shape index (κ1) is 26.9. The number of hydrogen-bond acceptors (Lipinski definition) is 5. The largest absolute Gasteiger partial charge is 0.495 e. The fourth-order valence-corrected chi connectivity index (χ4v) is 4.82. The van der Waals surface area contributed by atoms with Gasteiger partial charge < -0.3 is 30.1 Å².